The van der Waals surface area contributed by atoms with Crippen LogP contribution in [0.2, 0.25) is 0 Å². The van der Waals surface area contributed by atoms with Crippen molar-refractivity contribution in [3.05, 3.63) is 41.7 Å². The molecule has 0 radical (unpaired) electrons. The third kappa shape index (κ3) is 3.58. The molecule has 1 fully saturated rings. The number of methoxy groups -OCH3 is 1. The lowest BCUT2D eigenvalue weighted by molar-refractivity contribution is 0.274. The fourth-order valence-corrected chi connectivity index (χ4v) is 3.87. The predicted molar refractivity (Wildman–Crippen MR) is 96.2 cm³/mol. The molecule has 1 aliphatic carbocycles. The summed E-state index contributed by atoms with van der Waals surface area (Å²) < 4.78 is 7.30. The van der Waals surface area contributed by atoms with Crippen molar-refractivity contribution in [2.24, 2.45) is 0 Å². The van der Waals surface area contributed by atoms with Crippen LogP contribution < -0.4 is 4.74 Å². The van der Waals surface area contributed by atoms with E-state index in [2.05, 4.69) is 43.3 Å². The van der Waals surface area contributed by atoms with Gasteiger partial charge in [-0.25, -0.2) is 4.68 Å². The Morgan fingerprint density at radius 3 is 2.64 bits per heavy atom. The molecule has 1 aliphatic heterocycles. The first-order chi connectivity index (χ1) is 12.3. The van der Waals surface area contributed by atoms with Crippen LogP contribution in [0.1, 0.15) is 49.5 Å². The van der Waals surface area contributed by atoms with Crippen LogP contribution in [-0.4, -0.2) is 45.3 Å². The lowest BCUT2D eigenvalue weighted by Crippen LogP contribution is -2.30. The van der Waals surface area contributed by atoms with Crippen molar-refractivity contribution in [2.75, 3.05) is 20.2 Å². The Morgan fingerprint density at radius 2 is 1.96 bits per heavy atom. The van der Waals surface area contributed by atoms with E-state index in [9.17, 15) is 0 Å². The standard InChI is InChI=1S/C19H25N5O/c1-25-18-8-6-15(7-9-18)16-10-12-23(13-11-16)14-19-20-21-22-24(19)17-4-2-3-5-17/h6-10,17H,2-5,11-14H2,1H3. The first-order valence-corrected chi connectivity index (χ1v) is 9.16. The Balaban J connectivity index is 1.40. The maximum Gasteiger partial charge on any atom is 0.165 e. The van der Waals surface area contributed by atoms with Crippen LogP contribution in [0.3, 0.4) is 0 Å². The molecule has 0 atom stereocenters. The van der Waals surface area contributed by atoms with E-state index in [1.54, 1.807) is 7.11 Å². The maximum absolute atomic E-state index is 5.24. The minimum absolute atomic E-state index is 0.500. The van der Waals surface area contributed by atoms with E-state index in [1.807, 2.05) is 12.1 Å². The molecule has 0 N–H and O–H groups in total. The Bertz CT molecular complexity index is 731. The SMILES string of the molecule is COc1ccc(C2=CCN(Cc3nnnn3C3CCCC3)CC2)cc1. The normalized spacial score (nSPS) is 19.2. The third-order valence-electron chi connectivity index (χ3n) is 5.35. The largest absolute Gasteiger partial charge is 0.497 e. The van der Waals surface area contributed by atoms with Gasteiger partial charge in [0.25, 0.3) is 0 Å². The Labute approximate surface area is 148 Å². The number of benzene rings is 1. The molecule has 2 aliphatic rings. The first-order valence-electron chi connectivity index (χ1n) is 9.16. The van der Waals surface area contributed by atoms with Gasteiger partial charge >= 0.3 is 0 Å². The maximum atomic E-state index is 5.24. The summed E-state index contributed by atoms with van der Waals surface area (Å²) in [6.07, 6.45) is 8.38. The van der Waals surface area contributed by atoms with Crippen LogP contribution in [0, 0.1) is 0 Å². The molecule has 2 heterocycles. The lowest BCUT2D eigenvalue weighted by Gasteiger charge is -2.26. The Hall–Kier alpha value is -2.21. The highest BCUT2D eigenvalue weighted by Crippen LogP contribution is 2.30. The van der Waals surface area contributed by atoms with Gasteiger partial charge in [-0.1, -0.05) is 31.1 Å². The van der Waals surface area contributed by atoms with Crippen LogP contribution >= 0.6 is 0 Å². The van der Waals surface area contributed by atoms with Crippen LogP contribution in [-0.2, 0) is 6.54 Å². The van der Waals surface area contributed by atoms with E-state index >= 15 is 0 Å². The molecule has 0 spiro atoms. The van der Waals surface area contributed by atoms with Crippen molar-refractivity contribution >= 4 is 5.57 Å². The highest BCUT2D eigenvalue weighted by atomic mass is 16.5. The van der Waals surface area contributed by atoms with E-state index in [4.69, 9.17) is 4.74 Å². The summed E-state index contributed by atoms with van der Waals surface area (Å²) in [6.45, 7) is 2.81. The number of aromatic nitrogens is 4. The fraction of sp³-hybridized carbons (Fsp3) is 0.526. The quantitative estimate of drug-likeness (QED) is 0.838. The number of hydrogen-bond acceptors (Lipinski definition) is 5. The van der Waals surface area contributed by atoms with Gasteiger partial charge in [0.2, 0.25) is 0 Å². The summed E-state index contributed by atoms with van der Waals surface area (Å²) in [4.78, 5) is 2.42. The van der Waals surface area contributed by atoms with Gasteiger partial charge in [0.05, 0.1) is 19.7 Å². The van der Waals surface area contributed by atoms with Gasteiger partial charge in [0.1, 0.15) is 5.75 Å². The van der Waals surface area contributed by atoms with Crippen molar-refractivity contribution in [1.29, 1.82) is 0 Å². The van der Waals surface area contributed by atoms with Crippen molar-refractivity contribution < 1.29 is 4.74 Å². The summed E-state index contributed by atoms with van der Waals surface area (Å²) >= 11 is 0. The van der Waals surface area contributed by atoms with Gasteiger partial charge in [-0.05, 0) is 53.0 Å². The van der Waals surface area contributed by atoms with Crippen LogP contribution in [0.25, 0.3) is 5.57 Å². The van der Waals surface area contributed by atoms with E-state index in [1.165, 1.54) is 36.8 Å². The molecule has 2 aromatic rings. The van der Waals surface area contributed by atoms with Crippen LogP contribution in [0.5, 0.6) is 5.75 Å². The highest BCUT2D eigenvalue weighted by Gasteiger charge is 2.23. The first kappa shape index (κ1) is 16.3. The van der Waals surface area contributed by atoms with E-state index in [0.717, 1.165) is 37.6 Å². The lowest BCUT2D eigenvalue weighted by atomic mass is 9.99. The zero-order valence-electron chi connectivity index (χ0n) is 14.8. The molecule has 6 nitrogen and oxygen atoms in total. The minimum atomic E-state index is 0.500. The topological polar surface area (TPSA) is 56.1 Å². The summed E-state index contributed by atoms with van der Waals surface area (Å²) in [5.41, 5.74) is 2.70. The molecule has 1 saturated carbocycles. The third-order valence-corrected chi connectivity index (χ3v) is 5.35. The van der Waals surface area contributed by atoms with Gasteiger partial charge in [-0.2, -0.15) is 0 Å². The van der Waals surface area contributed by atoms with Crippen LogP contribution in [0.4, 0.5) is 0 Å². The van der Waals surface area contributed by atoms with Gasteiger partial charge in [-0.3, -0.25) is 4.90 Å². The summed E-state index contributed by atoms with van der Waals surface area (Å²) in [5, 5.41) is 12.4. The number of nitrogens with zero attached hydrogens (tertiary/aromatic N) is 5. The smallest absolute Gasteiger partial charge is 0.165 e. The molecule has 1 aromatic carbocycles. The second kappa shape index (κ2) is 7.35. The molecular weight excluding hydrogens is 314 g/mol. The van der Waals surface area contributed by atoms with E-state index in [0.29, 0.717) is 6.04 Å². The van der Waals surface area contributed by atoms with Crippen molar-refractivity contribution in [1.82, 2.24) is 25.1 Å². The summed E-state index contributed by atoms with van der Waals surface area (Å²) in [6, 6.07) is 8.83. The number of ether oxygens (including phenoxy) is 1. The van der Waals surface area contributed by atoms with Crippen molar-refractivity contribution in [2.45, 2.75) is 44.7 Å². The molecule has 0 unspecified atom stereocenters. The Kier molecular flexibility index (Phi) is 4.78. The van der Waals surface area contributed by atoms with Gasteiger partial charge < -0.3 is 4.74 Å². The predicted octanol–water partition coefficient (Wildman–Crippen LogP) is 3.09. The van der Waals surface area contributed by atoms with Crippen LogP contribution in [0.15, 0.2) is 30.3 Å². The fourth-order valence-electron chi connectivity index (χ4n) is 3.87. The van der Waals surface area contributed by atoms with Crippen molar-refractivity contribution in [3.8, 4) is 5.75 Å². The zero-order chi connectivity index (χ0) is 17.1. The zero-order valence-corrected chi connectivity index (χ0v) is 14.8. The van der Waals surface area contributed by atoms with E-state index in [-0.39, 0.29) is 0 Å². The molecule has 0 amide bonds. The highest BCUT2D eigenvalue weighted by molar-refractivity contribution is 5.67. The molecule has 4 rings (SSSR count). The summed E-state index contributed by atoms with van der Waals surface area (Å²) in [7, 11) is 1.70. The van der Waals surface area contributed by atoms with Gasteiger partial charge in [0, 0.05) is 13.1 Å². The average Bonchev–Trinajstić information content (AvgIpc) is 3.34. The minimum Gasteiger partial charge on any atom is -0.497 e. The monoisotopic (exact) mass is 339 g/mol. The molecule has 0 bridgehead atoms. The second-order valence-corrected chi connectivity index (χ2v) is 6.92. The molecule has 6 heteroatoms. The average molecular weight is 339 g/mol. The van der Waals surface area contributed by atoms with E-state index < -0.39 is 0 Å². The molecule has 25 heavy (non-hydrogen) atoms. The molecule has 1 aromatic heterocycles. The number of tetrazole rings is 1. The van der Waals surface area contributed by atoms with Crippen molar-refractivity contribution in [3.63, 3.8) is 0 Å². The van der Waals surface area contributed by atoms with Gasteiger partial charge in [-0.15, -0.1) is 5.10 Å². The molecule has 0 saturated heterocycles. The number of hydrogen-bond donors (Lipinski definition) is 0. The second-order valence-electron chi connectivity index (χ2n) is 6.92. The van der Waals surface area contributed by atoms with Gasteiger partial charge in [0.15, 0.2) is 5.82 Å². The molecular formula is C19H25N5O. The Morgan fingerprint density at radius 1 is 1.16 bits per heavy atom. The molecule has 132 valence electrons. The number of rotatable bonds is 5. The summed E-state index contributed by atoms with van der Waals surface area (Å²) in [5.74, 6) is 1.91.